The van der Waals surface area contributed by atoms with Gasteiger partial charge in [-0.1, -0.05) is 13.8 Å². The summed E-state index contributed by atoms with van der Waals surface area (Å²) in [6.45, 7) is 5.04. The summed E-state index contributed by atoms with van der Waals surface area (Å²) in [7, 11) is -1.48. The zero-order chi connectivity index (χ0) is 14.8. The van der Waals surface area contributed by atoms with E-state index in [9.17, 15) is 8.42 Å². The smallest absolute Gasteiger partial charge is 0.211 e. The van der Waals surface area contributed by atoms with E-state index in [0.29, 0.717) is 6.04 Å². The number of nitrogens with one attached hydrogen (secondary N) is 2. The van der Waals surface area contributed by atoms with Crippen molar-refractivity contribution in [3.05, 3.63) is 0 Å². The molecule has 0 bridgehead atoms. The van der Waals surface area contributed by atoms with Crippen molar-refractivity contribution in [1.82, 2.24) is 10.0 Å². The third-order valence-corrected chi connectivity index (χ3v) is 6.10. The molecule has 0 heterocycles. The molecule has 0 spiro atoms. The molecule has 2 unspecified atom stereocenters. The van der Waals surface area contributed by atoms with Crippen LogP contribution >= 0.6 is 0 Å². The second-order valence-corrected chi connectivity index (χ2v) is 8.58. The molecule has 2 N–H and O–H groups in total. The van der Waals surface area contributed by atoms with Crippen LogP contribution < -0.4 is 10.0 Å². The zero-order valence-corrected chi connectivity index (χ0v) is 13.6. The highest BCUT2D eigenvalue weighted by atomic mass is 32.2. The summed E-state index contributed by atoms with van der Waals surface area (Å²) >= 11 is 0. The van der Waals surface area contributed by atoms with Crippen LogP contribution in [0.25, 0.3) is 0 Å². The van der Waals surface area contributed by atoms with E-state index in [0.717, 1.165) is 25.8 Å². The molecule has 5 nitrogen and oxygen atoms in total. The molecule has 0 saturated heterocycles. The third kappa shape index (κ3) is 4.16. The van der Waals surface area contributed by atoms with Crippen LogP contribution in [0.4, 0.5) is 0 Å². The Morgan fingerprint density at radius 1 is 1.25 bits per heavy atom. The van der Waals surface area contributed by atoms with Crippen molar-refractivity contribution >= 4 is 10.0 Å². The van der Waals surface area contributed by atoms with E-state index >= 15 is 0 Å². The first-order valence-electron chi connectivity index (χ1n) is 7.61. The highest BCUT2D eigenvalue weighted by Crippen LogP contribution is 2.42. The Bertz CT molecular complexity index is 418. The quantitative estimate of drug-likeness (QED) is 0.629. The normalized spacial score (nSPS) is 29.1. The van der Waals surface area contributed by atoms with E-state index in [1.54, 1.807) is 7.11 Å². The van der Waals surface area contributed by atoms with Crippen molar-refractivity contribution < 1.29 is 13.2 Å². The van der Waals surface area contributed by atoms with Crippen molar-refractivity contribution in [3.63, 3.8) is 0 Å². The molecule has 2 saturated carbocycles. The molecule has 0 aromatic heterocycles. The van der Waals surface area contributed by atoms with Gasteiger partial charge in [-0.05, 0) is 38.6 Å². The lowest BCUT2D eigenvalue weighted by Crippen LogP contribution is -2.61. The van der Waals surface area contributed by atoms with Gasteiger partial charge in [-0.3, -0.25) is 0 Å². The summed E-state index contributed by atoms with van der Waals surface area (Å²) in [6.07, 6.45) is 5.11. The predicted octanol–water partition coefficient (Wildman–Crippen LogP) is 1.25. The van der Waals surface area contributed by atoms with E-state index in [1.165, 1.54) is 12.8 Å². The molecule has 0 amide bonds. The van der Waals surface area contributed by atoms with Crippen LogP contribution in [0.5, 0.6) is 0 Å². The van der Waals surface area contributed by atoms with E-state index in [-0.39, 0.29) is 23.3 Å². The first kappa shape index (κ1) is 16.2. The van der Waals surface area contributed by atoms with Crippen molar-refractivity contribution in [2.75, 3.05) is 19.4 Å². The van der Waals surface area contributed by atoms with E-state index in [2.05, 4.69) is 23.9 Å². The van der Waals surface area contributed by atoms with Crippen LogP contribution in [0.2, 0.25) is 0 Å². The van der Waals surface area contributed by atoms with E-state index < -0.39 is 10.0 Å². The summed E-state index contributed by atoms with van der Waals surface area (Å²) in [5.41, 5.74) is -0.116. The van der Waals surface area contributed by atoms with Crippen molar-refractivity contribution in [3.8, 4) is 0 Å². The van der Waals surface area contributed by atoms with Crippen LogP contribution in [-0.2, 0) is 14.8 Å². The molecule has 2 aliphatic rings. The number of sulfonamides is 1. The van der Waals surface area contributed by atoms with Gasteiger partial charge in [0.15, 0.2) is 0 Å². The standard InChI is InChI=1S/C14H28N2O3S/c1-14(2)12(10-13(14)19-3)16-20(17,18)9-5-4-8-15-11-6-7-11/h11-13,15-16H,4-10H2,1-3H3. The Labute approximate surface area is 122 Å². The van der Waals surface area contributed by atoms with E-state index in [1.807, 2.05) is 0 Å². The van der Waals surface area contributed by atoms with Gasteiger partial charge in [-0.25, -0.2) is 13.1 Å². The van der Waals surface area contributed by atoms with E-state index in [4.69, 9.17) is 4.74 Å². The van der Waals surface area contributed by atoms with Gasteiger partial charge in [0.1, 0.15) is 0 Å². The fourth-order valence-electron chi connectivity index (χ4n) is 2.77. The Hall–Kier alpha value is -0.170. The third-order valence-electron chi connectivity index (χ3n) is 4.63. The Morgan fingerprint density at radius 3 is 2.50 bits per heavy atom. The maximum absolute atomic E-state index is 12.1. The fourth-order valence-corrected chi connectivity index (χ4v) is 4.31. The second kappa shape index (κ2) is 6.30. The van der Waals surface area contributed by atoms with Gasteiger partial charge in [0.05, 0.1) is 11.9 Å². The molecular formula is C14H28N2O3S. The van der Waals surface area contributed by atoms with Crippen LogP contribution in [0.1, 0.15) is 46.0 Å². The number of hydrogen-bond acceptors (Lipinski definition) is 4. The molecule has 2 atom stereocenters. The highest BCUT2D eigenvalue weighted by molar-refractivity contribution is 7.89. The molecule has 0 aliphatic heterocycles. The molecular weight excluding hydrogens is 276 g/mol. The molecule has 2 rings (SSSR count). The minimum atomic E-state index is -3.16. The van der Waals surface area contributed by atoms with Gasteiger partial charge in [-0.15, -0.1) is 0 Å². The Kier molecular flexibility index (Phi) is 5.10. The van der Waals surface area contributed by atoms with Gasteiger partial charge >= 0.3 is 0 Å². The molecule has 0 radical (unpaired) electrons. The van der Waals surface area contributed by atoms with Gasteiger partial charge in [0, 0.05) is 24.6 Å². The van der Waals surface area contributed by atoms with Gasteiger partial charge in [-0.2, -0.15) is 0 Å². The lowest BCUT2D eigenvalue weighted by Gasteiger charge is -2.51. The highest BCUT2D eigenvalue weighted by Gasteiger charge is 2.49. The number of unbranched alkanes of at least 4 members (excludes halogenated alkanes) is 1. The SMILES string of the molecule is COC1CC(NS(=O)(=O)CCCCNC2CC2)C1(C)C. The van der Waals surface area contributed by atoms with Gasteiger partial charge < -0.3 is 10.1 Å². The average Bonchev–Trinajstić information content (AvgIpc) is 3.17. The molecule has 2 fully saturated rings. The second-order valence-electron chi connectivity index (χ2n) is 6.71. The van der Waals surface area contributed by atoms with Crippen molar-refractivity contribution in [1.29, 1.82) is 0 Å². The van der Waals surface area contributed by atoms with Crippen LogP contribution in [0.15, 0.2) is 0 Å². The summed E-state index contributed by atoms with van der Waals surface area (Å²) in [4.78, 5) is 0. The van der Waals surface area contributed by atoms with Crippen molar-refractivity contribution in [2.45, 2.75) is 64.1 Å². The summed E-state index contributed by atoms with van der Waals surface area (Å²) in [6, 6.07) is 0.702. The summed E-state index contributed by atoms with van der Waals surface area (Å²) in [5.74, 6) is 0.226. The lowest BCUT2D eigenvalue weighted by molar-refractivity contribution is -0.0908. The summed E-state index contributed by atoms with van der Waals surface area (Å²) in [5, 5.41) is 3.40. The molecule has 2 aliphatic carbocycles. The first-order valence-corrected chi connectivity index (χ1v) is 9.26. The first-order chi connectivity index (χ1) is 9.35. The maximum Gasteiger partial charge on any atom is 0.211 e. The molecule has 0 aromatic carbocycles. The molecule has 20 heavy (non-hydrogen) atoms. The fraction of sp³-hybridized carbons (Fsp3) is 1.00. The maximum atomic E-state index is 12.1. The minimum Gasteiger partial charge on any atom is -0.381 e. The topological polar surface area (TPSA) is 67.4 Å². The Morgan fingerprint density at radius 2 is 1.95 bits per heavy atom. The molecule has 6 heteroatoms. The van der Waals surface area contributed by atoms with Crippen LogP contribution in [0, 0.1) is 5.41 Å². The van der Waals surface area contributed by atoms with Crippen LogP contribution in [-0.4, -0.2) is 46.0 Å². The van der Waals surface area contributed by atoms with Crippen molar-refractivity contribution in [2.24, 2.45) is 5.41 Å². The summed E-state index contributed by atoms with van der Waals surface area (Å²) < 4.78 is 32.3. The number of ether oxygens (including phenoxy) is 1. The van der Waals surface area contributed by atoms with Crippen LogP contribution in [0.3, 0.4) is 0 Å². The van der Waals surface area contributed by atoms with Gasteiger partial charge in [0.25, 0.3) is 0 Å². The number of hydrogen-bond donors (Lipinski definition) is 2. The monoisotopic (exact) mass is 304 g/mol. The average molecular weight is 304 g/mol. The number of rotatable bonds is 9. The minimum absolute atomic E-state index is 0.00189. The lowest BCUT2D eigenvalue weighted by atomic mass is 9.65. The largest absolute Gasteiger partial charge is 0.381 e. The molecule has 118 valence electrons. The zero-order valence-electron chi connectivity index (χ0n) is 12.8. The predicted molar refractivity (Wildman–Crippen MR) is 80.2 cm³/mol. The Balaban J connectivity index is 1.65. The van der Waals surface area contributed by atoms with Gasteiger partial charge in [0.2, 0.25) is 10.0 Å². The molecule has 0 aromatic rings. The number of methoxy groups -OCH3 is 1.